The summed E-state index contributed by atoms with van der Waals surface area (Å²) in [5, 5.41) is 11.8. The summed E-state index contributed by atoms with van der Waals surface area (Å²) in [6.07, 6.45) is -0.881. The minimum absolute atomic E-state index is 0.155. The number of nitrogens with one attached hydrogen (secondary N) is 1. The third-order valence-electron chi connectivity index (χ3n) is 4.46. The zero-order valence-electron chi connectivity index (χ0n) is 17.0. The molecule has 0 bridgehead atoms. The van der Waals surface area contributed by atoms with E-state index in [9.17, 15) is 13.2 Å². The molecule has 0 aromatic heterocycles. The summed E-state index contributed by atoms with van der Waals surface area (Å²) >= 11 is 0. The fourth-order valence-corrected chi connectivity index (χ4v) is 4.52. The van der Waals surface area contributed by atoms with E-state index in [1.54, 1.807) is 64.1 Å². The number of amides is 1. The van der Waals surface area contributed by atoms with Crippen LogP contribution in [-0.4, -0.2) is 37.8 Å². The van der Waals surface area contributed by atoms with Crippen LogP contribution in [0.4, 0.5) is 5.69 Å². The molecule has 7 nitrogen and oxygen atoms in total. The normalized spacial score (nSPS) is 12.3. The lowest BCUT2D eigenvalue weighted by molar-refractivity contribution is -0.122. The van der Waals surface area contributed by atoms with Gasteiger partial charge in [-0.05, 0) is 43.7 Å². The van der Waals surface area contributed by atoms with Gasteiger partial charge in [-0.15, -0.1) is 0 Å². The van der Waals surface area contributed by atoms with E-state index in [0.29, 0.717) is 35.7 Å². The molecule has 0 spiro atoms. The number of hydrogen-bond donors (Lipinski definition) is 1. The Bertz CT molecular complexity index is 1020. The van der Waals surface area contributed by atoms with Crippen molar-refractivity contribution >= 4 is 21.6 Å². The first-order chi connectivity index (χ1) is 13.7. The molecule has 2 rings (SSSR count). The molecule has 1 amide bonds. The minimum Gasteiger partial charge on any atom is -0.480 e. The van der Waals surface area contributed by atoms with E-state index in [0.717, 1.165) is 0 Å². The van der Waals surface area contributed by atoms with Gasteiger partial charge in [0.2, 0.25) is 10.0 Å². The van der Waals surface area contributed by atoms with Gasteiger partial charge in [0.15, 0.2) is 6.10 Å². The van der Waals surface area contributed by atoms with Crippen LogP contribution in [0.1, 0.15) is 31.9 Å². The van der Waals surface area contributed by atoms with Crippen molar-refractivity contribution in [3.63, 3.8) is 0 Å². The van der Waals surface area contributed by atoms with Crippen LogP contribution >= 0.6 is 0 Å². The van der Waals surface area contributed by atoms with Gasteiger partial charge in [0.1, 0.15) is 11.8 Å². The summed E-state index contributed by atoms with van der Waals surface area (Å²) in [4.78, 5) is 12.7. The predicted octanol–water partition coefficient (Wildman–Crippen LogP) is 3.30. The summed E-state index contributed by atoms with van der Waals surface area (Å²) in [5.74, 6) is -0.140. The molecule has 2 aromatic rings. The highest BCUT2D eigenvalue weighted by Crippen LogP contribution is 2.24. The smallest absolute Gasteiger partial charge is 0.265 e. The fraction of sp³-hybridized carbons (Fsp3) is 0.333. The Morgan fingerprint density at radius 3 is 2.48 bits per heavy atom. The lowest BCUT2D eigenvalue weighted by Gasteiger charge is -2.21. The molecule has 2 aromatic carbocycles. The summed E-state index contributed by atoms with van der Waals surface area (Å²) in [7, 11) is -3.65. The van der Waals surface area contributed by atoms with Crippen LogP contribution < -0.4 is 10.1 Å². The second-order valence-corrected chi connectivity index (χ2v) is 8.33. The van der Waals surface area contributed by atoms with Crippen LogP contribution in [0.15, 0.2) is 47.4 Å². The lowest BCUT2D eigenvalue weighted by atomic mass is 10.2. The van der Waals surface area contributed by atoms with Crippen molar-refractivity contribution in [1.29, 1.82) is 5.26 Å². The van der Waals surface area contributed by atoms with Gasteiger partial charge in [0.05, 0.1) is 10.5 Å². The van der Waals surface area contributed by atoms with Gasteiger partial charge in [0.25, 0.3) is 5.91 Å². The van der Waals surface area contributed by atoms with E-state index in [1.165, 1.54) is 10.4 Å². The Morgan fingerprint density at radius 2 is 1.86 bits per heavy atom. The minimum atomic E-state index is -3.65. The number of benzene rings is 2. The summed E-state index contributed by atoms with van der Waals surface area (Å²) in [6, 6.07) is 13.4. The van der Waals surface area contributed by atoms with Crippen LogP contribution in [0, 0.1) is 18.3 Å². The number of anilines is 1. The van der Waals surface area contributed by atoms with Gasteiger partial charge in [-0.3, -0.25) is 4.79 Å². The summed E-state index contributed by atoms with van der Waals surface area (Å²) < 4.78 is 32.7. The maximum atomic E-state index is 12.9. The van der Waals surface area contributed by atoms with Gasteiger partial charge in [0, 0.05) is 18.8 Å². The quantitative estimate of drug-likeness (QED) is 0.713. The maximum Gasteiger partial charge on any atom is 0.265 e. The molecule has 8 heteroatoms. The fourth-order valence-electron chi connectivity index (χ4n) is 2.81. The molecule has 0 radical (unpaired) electrons. The standard InChI is InChI=1S/C21H25N3O4S/c1-5-24(6-2)29(26,27)20-13-18(12-11-15(20)3)23-21(25)16(4)28-19-10-8-7-9-17(19)14-22/h7-13,16H,5-6H2,1-4H3,(H,23,25). The number of rotatable bonds is 8. The van der Waals surface area contributed by atoms with E-state index in [2.05, 4.69) is 5.32 Å². The van der Waals surface area contributed by atoms with Gasteiger partial charge in [-0.1, -0.05) is 32.0 Å². The van der Waals surface area contributed by atoms with Crippen LogP contribution in [0.3, 0.4) is 0 Å². The SMILES string of the molecule is CCN(CC)S(=O)(=O)c1cc(NC(=O)C(C)Oc2ccccc2C#N)ccc1C. The zero-order chi connectivity index (χ0) is 21.6. The number of nitriles is 1. The van der Waals surface area contributed by atoms with E-state index in [-0.39, 0.29) is 4.90 Å². The number of nitrogens with zero attached hydrogens (tertiary/aromatic N) is 2. The highest BCUT2D eigenvalue weighted by molar-refractivity contribution is 7.89. The van der Waals surface area contributed by atoms with E-state index >= 15 is 0 Å². The summed E-state index contributed by atoms with van der Waals surface area (Å²) in [5.41, 5.74) is 1.28. The van der Waals surface area contributed by atoms with Crippen LogP contribution in [0.2, 0.25) is 0 Å². The molecule has 29 heavy (non-hydrogen) atoms. The molecule has 0 aliphatic rings. The second-order valence-electron chi connectivity index (χ2n) is 6.43. The van der Waals surface area contributed by atoms with Crippen LogP contribution in [0.5, 0.6) is 5.75 Å². The van der Waals surface area contributed by atoms with Crippen molar-refractivity contribution in [3.05, 3.63) is 53.6 Å². The topological polar surface area (TPSA) is 99.5 Å². The molecular formula is C21H25N3O4S. The van der Waals surface area contributed by atoms with Gasteiger partial charge >= 0.3 is 0 Å². The highest BCUT2D eigenvalue weighted by atomic mass is 32.2. The molecule has 0 saturated carbocycles. The van der Waals surface area contributed by atoms with Crippen molar-refractivity contribution in [1.82, 2.24) is 4.31 Å². The third-order valence-corrected chi connectivity index (χ3v) is 6.65. The number of carbonyl (C=O) groups is 1. The monoisotopic (exact) mass is 415 g/mol. The molecule has 1 unspecified atom stereocenters. The number of carbonyl (C=O) groups excluding carboxylic acids is 1. The lowest BCUT2D eigenvalue weighted by Crippen LogP contribution is -2.32. The van der Waals surface area contributed by atoms with Gasteiger partial charge < -0.3 is 10.1 Å². The Labute approximate surface area is 172 Å². The van der Waals surface area contributed by atoms with Crippen molar-refractivity contribution < 1.29 is 17.9 Å². The number of para-hydroxylation sites is 1. The Kier molecular flexibility index (Phi) is 7.37. The molecule has 0 fully saturated rings. The largest absolute Gasteiger partial charge is 0.480 e. The molecular weight excluding hydrogens is 390 g/mol. The van der Waals surface area contributed by atoms with Crippen LogP contribution in [0.25, 0.3) is 0 Å². The Hall–Kier alpha value is -2.89. The number of ether oxygens (including phenoxy) is 1. The van der Waals surface area contributed by atoms with Crippen molar-refractivity contribution in [2.75, 3.05) is 18.4 Å². The zero-order valence-corrected chi connectivity index (χ0v) is 17.8. The molecule has 154 valence electrons. The second kappa shape index (κ2) is 9.54. The first kappa shape index (κ1) is 22.4. The Morgan fingerprint density at radius 1 is 1.21 bits per heavy atom. The number of hydrogen-bond acceptors (Lipinski definition) is 5. The number of aryl methyl sites for hydroxylation is 1. The average molecular weight is 416 g/mol. The third kappa shape index (κ3) is 5.13. The number of sulfonamides is 1. The molecule has 0 aliphatic carbocycles. The van der Waals surface area contributed by atoms with Crippen molar-refractivity contribution in [2.24, 2.45) is 0 Å². The van der Waals surface area contributed by atoms with E-state index < -0.39 is 22.0 Å². The molecule has 0 aliphatic heterocycles. The summed E-state index contributed by atoms with van der Waals surface area (Å²) in [6.45, 7) is 7.55. The first-order valence-electron chi connectivity index (χ1n) is 9.32. The molecule has 1 atom stereocenters. The molecule has 0 saturated heterocycles. The molecule has 1 N–H and O–H groups in total. The first-order valence-corrected chi connectivity index (χ1v) is 10.8. The predicted molar refractivity (Wildman–Crippen MR) is 111 cm³/mol. The van der Waals surface area contributed by atoms with Crippen LogP contribution in [-0.2, 0) is 14.8 Å². The highest BCUT2D eigenvalue weighted by Gasteiger charge is 2.24. The van der Waals surface area contributed by atoms with E-state index in [4.69, 9.17) is 10.00 Å². The van der Waals surface area contributed by atoms with Crippen molar-refractivity contribution in [3.8, 4) is 11.8 Å². The average Bonchev–Trinajstić information content (AvgIpc) is 2.70. The van der Waals surface area contributed by atoms with Gasteiger partial charge in [-0.25, -0.2) is 8.42 Å². The van der Waals surface area contributed by atoms with Crippen molar-refractivity contribution in [2.45, 2.75) is 38.7 Å². The molecule has 0 heterocycles. The van der Waals surface area contributed by atoms with E-state index in [1.807, 2.05) is 6.07 Å². The Balaban J connectivity index is 2.22. The van der Waals surface area contributed by atoms with Gasteiger partial charge in [-0.2, -0.15) is 9.57 Å². The maximum absolute atomic E-state index is 12.9.